The van der Waals surface area contributed by atoms with Crippen LogP contribution in [0.25, 0.3) is 0 Å². The summed E-state index contributed by atoms with van der Waals surface area (Å²) in [4.78, 5) is 21.2. The molecule has 0 bridgehead atoms. The quantitative estimate of drug-likeness (QED) is 0.394. The molecule has 0 atom stereocenters. The highest BCUT2D eigenvalue weighted by atomic mass is 19.1. The molecule has 13 heteroatoms. The second-order valence-electron chi connectivity index (χ2n) is 6.92. The fraction of sp³-hybridized carbons (Fsp3) is 0.300. The Hall–Kier alpha value is -4.00. The maximum atomic E-state index is 14.4. The zero-order valence-corrected chi connectivity index (χ0v) is 17.8. The number of carbonyl (C=O) groups excluding carboxylic acids is 1. The average molecular weight is 464 g/mol. The molecule has 3 rings (SSSR count). The first-order valence-corrected chi connectivity index (χ1v) is 9.57. The molecule has 0 saturated carbocycles. The van der Waals surface area contributed by atoms with E-state index < -0.39 is 35.8 Å². The third-order valence-electron chi connectivity index (χ3n) is 4.61. The number of rotatable bonds is 9. The number of aromatic nitrogens is 2. The van der Waals surface area contributed by atoms with Crippen LogP contribution in [0.1, 0.15) is 5.56 Å². The van der Waals surface area contributed by atoms with Crippen LogP contribution in [0.5, 0.6) is 17.2 Å². The highest BCUT2D eigenvalue weighted by Crippen LogP contribution is 2.31. The van der Waals surface area contributed by atoms with E-state index in [-0.39, 0.29) is 47.8 Å². The summed E-state index contributed by atoms with van der Waals surface area (Å²) in [5.41, 5.74) is 5.00. The third-order valence-corrected chi connectivity index (χ3v) is 4.61. The number of hydrogen-bond donors (Lipinski definition) is 4. The maximum Gasteiger partial charge on any atom is 0.272 e. The van der Waals surface area contributed by atoms with Gasteiger partial charge in [-0.05, 0) is 0 Å². The zero-order valence-electron chi connectivity index (χ0n) is 17.8. The molecular formula is C20H22F2N6O5. The number of amides is 1. The number of aliphatic hydroxyl groups excluding tert-OH is 1. The van der Waals surface area contributed by atoms with Gasteiger partial charge in [0.2, 0.25) is 5.95 Å². The van der Waals surface area contributed by atoms with Crippen molar-refractivity contribution < 1.29 is 32.9 Å². The van der Waals surface area contributed by atoms with E-state index in [1.54, 1.807) is 0 Å². The van der Waals surface area contributed by atoms with E-state index in [0.29, 0.717) is 0 Å². The Balaban J connectivity index is 1.61. The molecule has 2 aromatic rings. The summed E-state index contributed by atoms with van der Waals surface area (Å²) in [5, 5.41) is 19.6. The molecule has 5 N–H and O–H groups in total. The molecule has 0 radical (unpaired) electrons. The van der Waals surface area contributed by atoms with E-state index >= 15 is 0 Å². The van der Waals surface area contributed by atoms with Crippen molar-refractivity contribution in [3.05, 3.63) is 47.6 Å². The van der Waals surface area contributed by atoms with Crippen molar-refractivity contribution in [2.45, 2.75) is 12.7 Å². The summed E-state index contributed by atoms with van der Waals surface area (Å²) in [6, 6.07) is 1.09. The standard InChI is InChI=1S/C20H22F2N6O5/c1-31-14-4-15(32-2)18(22)12(17(14)21)9-33-11-5-25-20(26-6-11)27-16(24)3-13(23)19(30)28-7-10(29)8-28/h3-6,10,23,29H,7-9,24H2,1-2H3,(H,25,26,27)/b16-3+,23-13?. The summed E-state index contributed by atoms with van der Waals surface area (Å²) < 4.78 is 43.9. The first-order valence-electron chi connectivity index (χ1n) is 9.57. The number of β-amino-alcohol motifs (C(OH)–C–C–N with tert-alkyl or cyclic N) is 1. The van der Waals surface area contributed by atoms with Gasteiger partial charge in [0.25, 0.3) is 5.91 Å². The molecule has 11 nitrogen and oxygen atoms in total. The van der Waals surface area contributed by atoms with Crippen LogP contribution in [0.3, 0.4) is 0 Å². The number of nitrogens with two attached hydrogens (primary N) is 1. The van der Waals surface area contributed by atoms with Gasteiger partial charge in [0, 0.05) is 25.2 Å². The van der Waals surface area contributed by atoms with Crippen LogP contribution in [0.4, 0.5) is 14.7 Å². The molecule has 1 fully saturated rings. The van der Waals surface area contributed by atoms with Gasteiger partial charge in [-0.1, -0.05) is 0 Å². The van der Waals surface area contributed by atoms with E-state index in [0.717, 1.165) is 12.1 Å². The lowest BCUT2D eigenvalue weighted by Crippen LogP contribution is -2.55. The number of halogens is 2. The first kappa shape index (κ1) is 23.7. The molecule has 33 heavy (non-hydrogen) atoms. The van der Waals surface area contributed by atoms with Crippen molar-refractivity contribution in [3.63, 3.8) is 0 Å². The van der Waals surface area contributed by atoms with Crippen LogP contribution >= 0.6 is 0 Å². The molecule has 0 unspecified atom stereocenters. The predicted molar refractivity (Wildman–Crippen MR) is 112 cm³/mol. The summed E-state index contributed by atoms with van der Waals surface area (Å²) in [5.74, 6) is -2.70. The van der Waals surface area contributed by atoms with Crippen molar-refractivity contribution in [3.8, 4) is 17.2 Å². The molecule has 1 amide bonds. The smallest absolute Gasteiger partial charge is 0.272 e. The minimum Gasteiger partial charge on any atom is -0.494 e. The van der Waals surface area contributed by atoms with Crippen LogP contribution in [0.15, 0.2) is 30.4 Å². The Morgan fingerprint density at radius 1 is 1.27 bits per heavy atom. The second-order valence-corrected chi connectivity index (χ2v) is 6.92. The molecular weight excluding hydrogens is 442 g/mol. The monoisotopic (exact) mass is 464 g/mol. The molecule has 1 aromatic carbocycles. The van der Waals surface area contributed by atoms with Gasteiger partial charge in [0.15, 0.2) is 28.9 Å². The Kier molecular flexibility index (Phi) is 7.23. The van der Waals surface area contributed by atoms with Crippen molar-refractivity contribution in [2.24, 2.45) is 5.73 Å². The molecule has 0 aliphatic carbocycles. The van der Waals surface area contributed by atoms with Crippen molar-refractivity contribution in [1.29, 1.82) is 5.41 Å². The molecule has 1 saturated heterocycles. The van der Waals surface area contributed by atoms with E-state index in [2.05, 4.69) is 15.3 Å². The average Bonchev–Trinajstić information content (AvgIpc) is 2.77. The Labute approximate surface area is 187 Å². The van der Waals surface area contributed by atoms with Gasteiger partial charge >= 0.3 is 0 Å². The number of nitrogens with zero attached hydrogens (tertiary/aromatic N) is 3. The highest BCUT2D eigenvalue weighted by molar-refractivity contribution is 6.42. The number of anilines is 1. The number of likely N-dealkylation sites (tertiary alicyclic amines) is 1. The van der Waals surface area contributed by atoms with E-state index in [4.69, 9.17) is 25.4 Å². The van der Waals surface area contributed by atoms with E-state index in [1.165, 1.54) is 31.5 Å². The number of nitrogens with one attached hydrogen (secondary N) is 2. The van der Waals surface area contributed by atoms with Crippen molar-refractivity contribution >= 4 is 17.6 Å². The van der Waals surface area contributed by atoms with Crippen molar-refractivity contribution in [2.75, 3.05) is 32.6 Å². The Bertz CT molecular complexity index is 1050. The van der Waals surface area contributed by atoms with Gasteiger partial charge in [-0.3, -0.25) is 10.2 Å². The molecule has 1 aromatic heterocycles. The number of aliphatic hydroxyl groups is 1. The Morgan fingerprint density at radius 3 is 2.36 bits per heavy atom. The highest BCUT2D eigenvalue weighted by Gasteiger charge is 2.30. The van der Waals surface area contributed by atoms with Crippen LogP contribution in [-0.4, -0.2) is 65.0 Å². The minimum atomic E-state index is -0.919. The normalized spacial score (nSPS) is 13.8. The van der Waals surface area contributed by atoms with E-state index in [1.807, 2.05) is 0 Å². The van der Waals surface area contributed by atoms with Crippen molar-refractivity contribution in [1.82, 2.24) is 14.9 Å². The lowest BCUT2D eigenvalue weighted by atomic mass is 10.1. The van der Waals surface area contributed by atoms with Gasteiger partial charge in [-0.15, -0.1) is 0 Å². The SMILES string of the molecule is COc1cc(OC)c(F)c(COc2cnc(N/C(N)=C/C(=N)C(=O)N3CC(O)C3)nc2)c1F. The van der Waals surface area contributed by atoms with Crippen LogP contribution in [0, 0.1) is 17.0 Å². The van der Waals surface area contributed by atoms with Crippen LogP contribution in [-0.2, 0) is 11.4 Å². The second kappa shape index (κ2) is 10.1. The molecule has 0 spiro atoms. The summed E-state index contributed by atoms with van der Waals surface area (Å²) in [7, 11) is 2.49. The van der Waals surface area contributed by atoms with Crippen LogP contribution in [0.2, 0.25) is 0 Å². The molecule has 1 aliphatic heterocycles. The Morgan fingerprint density at radius 2 is 1.85 bits per heavy atom. The topological polar surface area (TPSA) is 156 Å². The van der Waals surface area contributed by atoms with Gasteiger partial charge in [0.1, 0.15) is 18.1 Å². The number of carbonyl (C=O) groups is 1. The van der Waals surface area contributed by atoms with Gasteiger partial charge in [-0.2, -0.15) is 0 Å². The van der Waals surface area contributed by atoms with Gasteiger partial charge in [0.05, 0.1) is 38.3 Å². The largest absolute Gasteiger partial charge is 0.494 e. The van der Waals surface area contributed by atoms with Gasteiger partial charge in [-0.25, -0.2) is 18.7 Å². The number of methoxy groups -OCH3 is 2. The number of hydrogen-bond acceptors (Lipinski definition) is 10. The lowest BCUT2D eigenvalue weighted by molar-refractivity contribution is -0.133. The fourth-order valence-electron chi connectivity index (χ4n) is 2.85. The summed E-state index contributed by atoms with van der Waals surface area (Å²) in [6.45, 7) is -0.138. The molecule has 2 heterocycles. The molecule has 1 aliphatic rings. The minimum absolute atomic E-state index is 0.0381. The molecule has 176 valence electrons. The fourth-order valence-corrected chi connectivity index (χ4v) is 2.85. The van der Waals surface area contributed by atoms with Gasteiger partial charge < -0.3 is 35.3 Å². The number of benzene rings is 1. The predicted octanol–water partition coefficient (Wildman–Crippen LogP) is 0.786. The maximum absolute atomic E-state index is 14.4. The van der Waals surface area contributed by atoms with Crippen LogP contribution < -0.4 is 25.3 Å². The number of ether oxygens (including phenoxy) is 3. The van der Waals surface area contributed by atoms with E-state index in [9.17, 15) is 18.7 Å². The zero-order chi connectivity index (χ0) is 24.1. The third kappa shape index (κ3) is 5.44. The summed E-state index contributed by atoms with van der Waals surface area (Å²) in [6.07, 6.45) is 3.01. The summed E-state index contributed by atoms with van der Waals surface area (Å²) >= 11 is 0. The first-order chi connectivity index (χ1) is 15.7. The lowest BCUT2D eigenvalue weighted by Gasteiger charge is -2.35.